The van der Waals surface area contributed by atoms with Crippen LogP contribution in [0.4, 0.5) is 0 Å². The molecule has 2 rings (SSSR count). The van der Waals surface area contributed by atoms with Crippen LogP contribution in [0.5, 0.6) is 0 Å². The molecule has 0 bridgehead atoms. The summed E-state index contributed by atoms with van der Waals surface area (Å²) in [4.78, 5) is 11.8. The molecule has 2 atom stereocenters. The van der Waals surface area contributed by atoms with Crippen LogP contribution in [0.15, 0.2) is 0 Å². The fraction of sp³-hybridized carbons (Fsp3) is 0.909. The van der Waals surface area contributed by atoms with E-state index < -0.39 is 5.54 Å². The average Bonchev–Trinajstić information content (AvgIpc) is 2.61. The van der Waals surface area contributed by atoms with Crippen LogP contribution >= 0.6 is 0 Å². The molecule has 0 radical (unpaired) electrons. The number of amides is 1. The fourth-order valence-electron chi connectivity index (χ4n) is 2.54. The number of rotatable bonds is 3. The van der Waals surface area contributed by atoms with Gasteiger partial charge in [-0.25, -0.2) is 0 Å². The van der Waals surface area contributed by atoms with Crippen LogP contribution in [0.3, 0.4) is 0 Å². The van der Waals surface area contributed by atoms with Gasteiger partial charge in [-0.3, -0.25) is 4.79 Å². The topological polar surface area (TPSA) is 75.4 Å². The zero-order chi connectivity index (χ0) is 10.9. The molecule has 0 aromatic rings. The van der Waals surface area contributed by atoms with Gasteiger partial charge in [-0.15, -0.1) is 0 Å². The van der Waals surface area contributed by atoms with Gasteiger partial charge in [0.05, 0.1) is 5.54 Å². The van der Waals surface area contributed by atoms with E-state index in [0.717, 1.165) is 38.5 Å². The molecule has 2 aliphatic rings. The van der Waals surface area contributed by atoms with Crippen molar-refractivity contribution < 1.29 is 9.90 Å². The van der Waals surface area contributed by atoms with Gasteiger partial charge in [0.1, 0.15) is 0 Å². The van der Waals surface area contributed by atoms with E-state index in [1.807, 2.05) is 0 Å². The first-order valence-corrected chi connectivity index (χ1v) is 5.86. The van der Waals surface area contributed by atoms with E-state index in [2.05, 4.69) is 5.32 Å². The predicted molar refractivity (Wildman–Crippen MR) is 57.1 cm³/mol. The Morgan fingerprint density at radius 1 is 1.40 bits per heavy atom. The van der Waals surface area contributed by atoms with E-state index in [1.165, 1.54) is 0 Å². The number of carbonyl (C=O) groups excluding carboxylic acids is 1. The number of aliphatic hydroxyl groups is 1. The molecule has 2 fully saturated rings. The molecule has 2 unspecified atom stereocenters. The SMILES string of the molecule is NC1(C(=O)NC2CCCC2CO)CCC1. The first-order valence-electron chi connectivity index (χ1n) is 5.86. The maximum atomic E-state index is 11.8. The van der Waals surface area contributed by atoms with E-state index in [9.17, 15) is 4.79 Å². The van der Waals surface area contributed by atoms with Crippen LogP contribution in [0.25, 0.3) is 0 Å². The van der Waals surface area contributed by atoms with Gasteiger partial charge < -0.3 is 16.2 Å². The van der Waals surface area contributed by atoms with E-state index in [0.29, 0.717) is 0 Å². The minimum atomic E-state index is -0.609. The van der Waals surface area contributed by atoms with Gasteiger partial charge in [0.2, 0.25) is 5.91 Å². The van der Waals surface area contributed by atoms with Crippen molar-refractivity contribution in [2.75, 3.05) is 6.61 Å². The highest BCUT2D eigenvalue weighted by Crippen LogP contribution is 2.31. The van der Waals surface area contributed by atoms with Gasteiger partial charge >= 0.3 is 0 Å². The second-order valence-corrected chi connectivity index (χ2v) is 4.96. The Hall–Kier alpha value is -0.610. The summed E-state index contributed by atoms with van der Waals surface area (Å²) >= 11 is 0. The van der Waals surface area contributed by atoms with Gasteiger partial charge in [-0.1, -0.05) is 6.42 Å². The van der Waals surface area contributed by atoms with E-state index in [4.69, 9.17) is 10.8 Å². The molecule has 4 nitrogen and oxygen atoms in total. The van der Waals surface area contributed by atoms with Crippen LogP contribution in [0.1, 0.15) is 38.5 Å². The summed E-state index contributed by atoms with van der Waals surface area (Å²) in [5, 5.41) is 12.1. The third-order valence-electron chi connectivity index (χ3n) is 3.91. The van der Waals surface area contributed by atoms with Crippen LogP contribution in [0, 0.1) is 5.92 Å². The lowest BCUT2D eigenvalue weighted by Crippen LogP contribution is -2.60. The molecule has 0 saturated heterocycles. The molecule has 4 heteroatoms. The van der Waals surface area contributed by atoms with Gasteiger partial charge in [-0.05, 0) is 32.1 Å². The van der Waals surface area contributed by atoms with Crippen molar-refractivity contribution in [3.8, 4) is 0 Å². The molecule has 0 spiro atoms. The zero-order valence-electron chi connectivity index (χ0n) is 9.04. The third-order valence-corrected chi connectivity index (χ3v) is 3.91. The number of carbonyl (C=O) groups is 1. The molecule has 4 N–H and O–H groups in total. The van der Waals surface area contributed by atoms with Crippen molar-refractivity contribution in [2.24, 2.45) is 11.7 Å². The molecule has 0 aromatic heterocycles. The van der Waals surface area contributed by atoms with Gasteiger partial charge in [-0.2, -0.15) is 0 Å². The van der Waals surface area contributed by atoms with Crippen molar-refractivity contribution in [2.45, 2.75) is 50.1 Å². The van der Waals surface area contributed by atoms with Crippen LogP contribution in [-0.2, 0) is 4.79 Å². The first kappa shape index (κ1) is 10.9. The average molecular weight is 212 g/mol. The van der Waals surface area contributed by atoms with Crippen molar-refractivity contribution in [1.82, 2.24) is 5.32 Å². The summed E-state index contributed by atoms with van der Waals surface area (Å²) in [6, 6.07) is 0.142. The van der Waals surface area contributed by atoms with Crippen molar-refractivity contribution in [1.29, 1.82) is 0 Å². The highest BCUT2D eigenvalue weighted by molar-refractivity contribution is 5.87. The quantitative estimate of drug-likeness (QED) is 0.623. The van der Waals surface area contributed by atoms with Crippen LogP contribution in [0.2, 0.25) is 0 Å². The van der Waals surface area contributed by atoms with Gasteiger partial charge in [0, 0.05) is 18.6 Å². The van der Waals surface area contributed by atoms with Crippen molar-refractivity contribution in [3.05, 3.63) is 0 Å². The van der Waals surface area contributed by atoms with Crippen LogP contribution < -0.4 is 11.1 Å². The Labute approximate surface area is 90.2 Å². The molecule has 2 aliphatic carbocycles. The van der Waals surface area contributed by atoms with Gasteiger partial charge in [0.25, 0.3) is 0 Å². The van der Waals surface area contributed by atoms with E-state index in [1.54, 1.807) is 0 Å². The Morgan fingerprint density at radius 3 is 2.67 bits per heavy atom. The minimum absolute atomic E-state index is 0.0147. The van der Waals surface area contributed by atoms with E-state index >= 15 is 0 Å². The molecule has 2 saturated carbocycles. The van der Waals surface area contributed by atoms with Crippen molar-refractivity contribution in [3.63, 3.8) is 0 Å². The Morgan fingerprint density at radius 2 is 2.13 bits per heavy atom. The molecular weight excluding hydrogens is 192 g/mol. The second-order valence-electron chi connectivity index (χ2n) is 4.96. The third kappa shape index (κ3) is 2.01. The summed E-state index contributed by atoms with van der Waals surface area (Å²) in [5.74, 6) is 0.219. The number of nitrogens with two attached hydrogens (primary N) is 1. The summed E-state index contributed by atoms with van der Waals surface area (Å²) in [6.07, 6.45) is 5.74. The number of hydrogen-bond acceptors (Lipinski definition) is 3. The minimum Gasteiger partial charge on any atom is -0.396 e. The lowest BCUT2D eigenvalue weighted by Gasteiger charge is -2.37. The summed E-state index contributed by atoms with van der Waals surface area (Å²) in [5.41, 5.74) is 5.33. The number of hydrogen-bond donors (Lipinski definition) is 3. The van der Waals surface area contributed by atoms with Crippen molar-refractivity contribution >= 4 is 5.91 Å². The highest BCUT2D eigenvalue weighted by atomic mass is 16.3. The Kier molecular flexibility index (Phi) is 2.98. The van der Waals surface area contributed by atoms with E-state index in [-0.39, 0.29) is 24.5 Å². The monoisotopic (exact) mass is 212 g/mol. The smallest absolute Gasteiger partial charge is 0.240 e. The maximum Gasteiger partial charge on any atom is 0.240 e. The standard InChI is InChI=1S/C11H20N2O2/c12-11(5-2-6-11)10(15)13-9-4-1-3-8(9)7-14/h8-9,14H,1-7,12H2,(H,13,15). The second kappa shape index (κ2) is 4.10. The Bertz CT molecular complexity index is 251. The molecule has 1 amide bonds. The predicted octanol–water partition coefficient (Wildman–Crippen LogP) is 0.145. The lowest BCUT2D eigenvalue weighted by atomic mass is 9.77. The fourth-order valence-corrected chi connectivity index (χ4v) is 2.54. The lowest BCUT2D eigenvalue weighted by molar-refractivity contribution is -0.130. The first-order chi connectivity index (χ1) is 7.15. The number of aliphatic hydroxyl groups excluding tert-OH is 1. The van der Waals surface area contributed by atoms with Crippen LogP contribution in [-0.4, -0.2) is 29.2 Å². The van der Waals surface area contributed by atoms with Gasteiger partial charge in [0.15, 0.2) is 0 Å². The summed E-state index contributed by atoms with van der Waals surface area (Å²) < 4.78 is 0. The largest absolute Gasteiger partial charge is 0.396 e. The Balaban J connectivity index is 1.88. The molecule has 0 aromatic carbocycles. The summed E-state index contributed by atoms with van der Waals surface area (Å²) in [7, 11) is 0. The molecule has 0 heterocycles. The molecule has 0 aliphatic heterocycles. The highest BCUT2D eigenvalue weighted by Gasteiger charge is 2.41. The molecule has 86 valence electrons. The normalized spacial score (nSPS) is 33.5. The zero-order valence-corrected chi connectivity index (χ0v) is 9.04. The summed E-state index contributed by atoms with van der Waals surface area (Å²) in [6.45, 7) is 0.169. The molecule has 15 heavy (non-hydrogen) atoms. The molecular formula is C11H20N2O2. The maximum absolute atomic E-state index is 11.8. The number of nitrogens with one attached hydrogen (secondary N) is 1.